The molecule has 23 heavy (non-hydrogen) atoms. The normalized spacial score (nSPS) is 21.3. The summed E-state index contributed by atoms with van der Waals surface area (Å²) < 4.78 is 0. The van der Waals surface area contributed by atoms with E-state index in [1.54, 1.807) is 36.2 Å². The van der Waals surface area contributed by atoms with Gasteiger partial charge >= 0.3 is 0 Å². The number of Topliss-reactive ketones (excluding diaryl/α,β-unsaturated/α-hetero) is 1. The van der Waals surface area contributed by atoms with Crippen LogP contribution in [0.25, 0.3) is 0 Å². The van der Waals surface area contributed by atoms with Crippen LogP contribution >= 0.6 is 0 Å². The summed E-state index contributed by atoms with van der Waals surface area (Å²) in [4.78, 5) is 26.9. The molecule has 2 aromatic rings. The summed E-state index contributed by atoms with van der Waals surface area (Å²) in [6.07, 6.45) is 0.242. The first-order chi connectivity index (χ1) is 11.1. The second-order valence-electron chi connectivity index (χ2n) is 5.76. The van der Waals surface area contributed by atoms with Crippen LogP contribution < -0.4 is 0 Å². The first kappa shape index (κ1) is 15.2. The highest BCUT2D eigenvalue weighted by molar-refractivity contribution is 6.25. The van der Waals surface area contributed by atoms with E-state index in [0.29, 0.717) is 5.56 Å². The third-order valence-corrected chi connectivity index (χ3v) is 4.34. The second-order valence-corrected chi connectivity index (χ2v) is 5.76. The molecule has 2 unspecified atom stereocenters. The zero-order valence-corrected chi connectivity index (χ0v) is 12.9. The van der Waals surface area contributed by atoms with E-state index in [2.05, 4.69) is 0 Å². The van der Waals surface area contributed by atoms with Crippen molar-refractivity contribution in [3.63, 3.8) is 0 Å². The number of piperidine rings is 1. The van der Waals surface area contributed by atoms with E-state index < -0.39 is 5.92 Å². The van der Waals surface area contributed by atoms with E-state index in [9.17, 15) is 9.59 Å². The number of carbonyl (C=O) groups is 2. The Balaban J connectivity index is 1.88. The van der Waals surface area contributed by atoms with Gasteiger partial charge in [0.15, 0.2) is 5.78 Å². The maximum atomic E-state index is 12.7. The fourth-order valence-electron chi connectivity index (χ4n) is 3.03. The first-order valence-electron chi connectivity index (χ1n) is 7.58. The molecule has 0 bridgehead atoms. The van der Waals surface area contributed by atoms with Crippen molar-refractivity contribution >= 4 is 17.4 Å². The maximum absolute atomic E-state index is 12.7. The number of hydrogen-bond acceptors (Lipinski definition) is 3. The van der Waals surface area contributed by atoms with Crippen LogP contribution in [0.3, 0.4) is 0 Å². The summed E-state index contributed by atoms with van der Waals surface area (Å²) in [5.74, 6) is -1.48. The molecule has 0 spiro atoms. The van der Waals surface area contributed by atoms with E-state index in [1.807, 2.05) is 36.4 Å². The predicted molar refractivity (Wildman–Crippen MR) is 88.3 cm³/mol. The van der Waals surface area contributed by atoms with Crippen LogP contribution in [0.15, 0.2) is 60.7 Å². The Bertz CT molecular complexity index is 740. The molecule has 1 fully saturated rings. The Kier molecular flexibility index (Phi) is 4.06. The van der Waals surface area contributed by atoms with Crippen LogP contribution in [-0.4, -0.2) is 29.3 Å². The number of carbonyl (C=O) groups excluding carboxylic acids is 2. The van der Waals surface area contributed by atoms with Crippen LogP contribution in [-0.2, 0) is 9.59 Å². The predicted octanol–water partition coefficient (Wildman–Crippen LogP) is 2.84. The van der Waals surface area contributed by atoms with Gasteiger partial charge in [-0.3, -0.25) is 9.59 Å². The first-order valence-corrected chi connectivity index (χ1v) is 7.58. The average molecular weight is 306 g/mol. The molecular formula is C19H18N2O2. The number of rotatable bonds is 3. The molecular weight excluding hydrogens is 288 g/mol. The van der Waals surface area contributed by atoms with Crippen molar-refractivity contribution in [2.75, 3.05) is 7.05 Å². The number of nitrogens with zero attached hydrogens (tertiary/aromatic N) is 1. The van der Waals surface area contributed by atoms with Crippen molar-refractivity contribution in [1.29, 1.82) is 5.41 Å². The zero-order valence-electron chi connectivity index (χ0n) is 12.9. The molecule has 0 aliphatic carbocycles. The molecule has 4 nitrogen and oxygen atoms in total. The van der Waals surface area contributed by atoms with Gasteiger partial charge in [-0.2, -0.15) is 0 Å². The highest BCUT2D eigenvalue weighted by Crippen LogP contribution is 2.32. The molecule has 1 aliphatic heterocycles. The number of nitrogens with one attached hydrogen (secondary N) is 1. The fourth-order valence-corrected chi connectivity index (χ4v) is 3.03. The number of amides is 1. The largest absolute Gasteiger partial charge is 0.337 e. The van der Waals surface area contributed by atoms with Gasteiger partial charge in [0, 0.05) is 13.5 Å². The van der Waals surface area contributed by atoms with Crippen LogP contribution in [0.4, 0.5) is 0 Å². The monoisotopic (exact) mass is 306 g/mol. The SMILES string of the molecule is CN1C(=O)C(C(=N)c2ccccc2)C(=O)CC1c1ccccc1. The van der Waals surface area contributed by atoms with Crippen molar-refractivity contribution in [1.82, 2.24) is 4.90 Å². The fraction of sp³-hybridized carbons (Fsp3) is 0.211. The quantitative estimate of drug-likeness (QED) is 0.700. The van der Waals surface area contributed by atoms with Gasteiger partial charge in [0.05, 0.1) is 11.8 Å². The third-order valence-electron chi connectivity index (χ3n) is 4.34. The lowest BCUT2D eigenvalue weighted by atomic mass is 9.83. The lowest BCUT2D eigenvalue weighted by Gasteiger charge is -2.36. The van der Waals surface area contributed by atoms with Gasteiger partial charge in [0.2, 0.25) is 5.91 Å². The van der Waals surface area contributed by atoms with E-state index in [4.69, 9.17) is 5.41 Å². The molecule has 1 heterocycles. The summed E-state index contributed by atoms with van der Waals surface area (Å²) in [5, 5.41) is 8.28. The van der Waals surface area contributed by atoms with Crippen molar-refractivity contribution in [3.8, 4) is 0 Å². The van der Waals surface area contributed by atoms with Gasteiger partial charge in [0.1, 0.15) is 5.92 Å². The molecule has 1 aliphatic rings. The number of hydrogen-bond donors (Lipinski definition) is 1. The summed E-state index contributed by atoms with van der Waals surface area (Å²) in [7, 11) is 1.71. The lowest BCUT2D eigenvalue weighted by Crippen LogP contribution is -2.48. The second kappa shape index (κ2) is 6.16. The van der Waals surface area contributed by atoms with Crippen molar-refractivity contribution < 1.29 is 9.59 Å². The molecule has 0 radical (unpaired) electrons. The average Bonchev–Trinajstić information content (AvgIpc) is 2.59. The molecule has 4 heteroatoms. The van der Waals surface area contributed by atoms with Crippen molar-refractivity contribution in [2.24, 2.45) is 5.92 Å². The number of ketones is 1. The zero-order chi connectivity index (χ0) is 16.4. The van der Waals surface area contributed by atoms with Gasteiger partial charge in [-0.25, -0.2) is 0 Å². The van der Waals surface area contributed by atoms with Gasteiger partial charge in [-0.1, -0.05) is 60.7 Å². The Hall–Kier alpha value is -2.75. The summed E-state index contributed by atoms with van der Waals surface area (Å²) in [6, 6.07) is 18.3. The Labute approximate surface area is 135 Å². The molecule has 1 N–H and O–H groups in total. The Morgan fingerprint density at radius 2 is 1.57 bits per heavy atom. The molecule has 0 saturated carbocycles. The summed E-state index contributed by atoms with van der Waals surface area (Å²) in [5.41, 5.74) is 1.64. The smallest absolute Gasteiger partial charge is 0.239 e. The van der Waals surface area contributed by atoms with Gasteiger partial charge in [0.25, 0.3) is 0 Å². The van der Waals surface area contributed by atoms with Crippen LogP contribution in [0, 0.1) is 11.3 Å². The minimum absolute atomic E-state index is 0.0824. The molecule has 0 aromatic heterocycles. The molecule has 2 aromatic carbocycles. The van der Waals surface area contributed by atoms with E-state index in [1.165, 1.54) is 0 Å². The molecule has 3 rings (SSSR count). The molecule has 2 atom stereocenters. The van der Waals surface area contributed by atoms with Crippen LogP contribution in [0.5, 0.6) is 0 Å². The lowest BCUT2D eigenvalue weighted by molar-refractivity contribution is -0.144. The van der Waals surface area contributed by atoms with Gasteiger partial charge in [-0.05, 0) is 11.1 Å². The Morgan fingerprint density at radius 3 is 2.17 bits per heavy atom. The van der Waals surface area contributed by atoms with Gasteiger partial charge < -0.3 is 10.3 Å². The topological polar surface area (TPSA) is 61.2 Å². The van der Waals surface area contributed by atoms with E-state index in [-0.39, 0.29) is 29.9 Å². The van der Waals surface area contributed by atoms with Crippen molar-refractivity contribution in [3.05, 3.63) is 71.8 Å². The number of likely N-dealkylation sites (tertiary alicyclic amines) is 1. The Morgan fingerprint density at radius 1 is 1.00 bits per heavy atom. The van der Waals surface area contributed by atoms with Gasteiger partial charge in [-0.15, -0.1) is 0 Å². The maximum Gasteiger partial charge on any atom is 0.239 e. The van der Waals surface area contributed by atoms with Crippen molar-refractivity contribution in [2.45, 2.75) is 12.5 Å². The highest BCUT2D eigenvalue weighted by Gasteiger charge is 2.42. The highest BCUT2D eigenvalue weighted by atomic mass is 16.2. The minimum atomic E-state index is -0.998. The summed E-state index contributed by atoms with van der Waals surface area (Å²) in [6.45, 7) is 0. The third kappa shape index (κ3) is 2.80. The minimum Gasteiger partial charge on any atom is -0.337 e. The van der Waals surface area contributed by atoms with Crippen LogP contribution in [0.2, 0.25) is 0 Å². The molecule has 1 amide bonds. The number of benzene rings is 2. The standard InChI is InChI=1S/C19H18N2O2/c1-21-15(13-8-4-2-5-9-13)12-16(22)17(19(21)23)18(20)14-10-6-3-7-11-14/h2-11,15,17,20H,12H2,1H3. The molecule has 116 valence electrons. The van der Waals surface area contributed by atoms with E-state index in [0.717, 1.165) is 5.56 Å². The molecule has 1 saturated heterocycles. The van der Waals surface area contributed by atoms with E-state index >= 15 is 0 Å². The van der Waals surface area contributed by atoms with Crippen LogP contribution in [0.1, 0.15) is 23.6 Å². The summed E-state index contributed by atoms with van der Waals surface area (Å²) >= 11 is 0.